The Labute approximate surface area is 84.1 Å². The lowest BCUT2D eigenvalue weighted by atomic mass is 9.95. The summed E-state index contributed by atoms with van der Waals surface area (Å²) in [6.07, 6.45) is 0.910. The van der Waals surface area contributed by atoms with Gasteiger partial charge in [-0.15, -0.1) is 0 Å². The van der Waals surface area contributed by atoms with Gasteiger partial charge in [0.25, 0.3) is 0 Å². The third-order valence-corrected chi connectivity index (χ3v) is 1.99. The van der Waals surface area contributed by atoms with Gasteiger partial charge in [-0.25, -0.2) is 0 Å². The number of rotatable bonds is 6. The van der Waals surface area contributed by atoms with Crippen LogP contribution in [0.3, 0.4) is 0 Å². The number of hydrogen-bond acceptors (Lipinski definition) is 3. The highest BCUT2D eigenvalue weighted by Gasteiger charge is 2.17. The molecule has 0 rings (SSSR count). The Morgan fingerprint density at radius 2 is 1.79 bits per heavy atom. The van der Waals surface area contributed by atoms with Crippen LogP contribution in [0.4, 0.5) is 0 Å². The van der Waals surface area contributed by atoms with E-state index in [0.717, 1.165) is 0 Å². The quantitative estimate of drug-likeness (QED) is 0.684. The van der Waals surface area contributed by atoms with Crippen molar-refractivity contribution in [3.05, 3.63) is 0 Å². The topological polar surface area (TPSA) is 63.2 Å². The minimum Gasteiger partial charge on any atom is -0.349 e. The third kappa shape index (κ3) is 5.45. The second-order valence-electron chi connectivity index (χ2n) is 3.39. The largest absolute Gasteiger partial charge is 0.349 e. The summed E-state index contributed by atoms with van der Waals surface area (Å²) >= 11 is 0. The molecule has 0 radical (unpaired) electrons. The number of carbonyl (C=O) groups is 3. The van der Waals surface area contributed by atoms with Gasteiger partial charge >= 0.3 is 0 Å². The average Bonchev–Trinajstić information content (AvgIpc) is 2.09. The van der Waals surface area contributed by atoms with Crippen molar-refractivity contribution >= 4 is 17.5 Å². The standard InChI is InChI=1S/C10H17NO3/c1-4-9(5-7(2)12)10(14)6-11-8(3)13/h9H,4-6H2,1-3H3,(H,11,13). The molecule has 1 amide bonds. The predicted octanol–water partition coefficient (Wildman–Crippen LogP) is 0.697. The first-order valence-electron chi connectivity index (χ1n) is 4.74. The average molecular weight is 199 g/mol. The zero-order chi connectivity index (χ0) is 11.1. The molecule has 0 spiro atoms. The summed E-state index contributed by atoms with van der Waals surface area (Å²) in [5.74, 6) is -0.540. The smallest absolute Gasteiger partial charge is 0.217 e. The Hall–Kier alpha value is -1.19. The molecule has 0 fully saturated rings. The van der Waals surface area contributed by atoms with Crippen molar-refractivity contribution in [2.24, 2.45) is 5.92 Å². The fourth-order valence-electron chi connectivity index (χ4n) is 1.19. The van der Waals surface area contributed by atoms with E-state index in [1.165, 1.54) is 13.8 Å². The lowest BCUT2D eigenvalue weighted by Gasteiger charge is -2.11. The Morgan fingerprint density at radius 3 is 2.14 bits per heavy atom. The predicted molar refractivity (Wildman–Crippen MR) is 52.8 cm³/mol. The number of amides is 1. The number of ketones is 2. The third-order valence-electron chi connectivity index (χ3n) is 1.99. The fourth-order valence-corrected chi connectivity index (χ4v) is 1.19. The summed E-state index contributed by atoms with van der Waals surface area (Å²) in [5, 5.41) is 2.43. The lowest BCUT2D eigenvalue weighted by Crippen LogP contribution is -2.31. The van der Waals surface area contributed by atoms with E-state index in [1.54, 1.807) is 0 Å². The Bertz CT molecular complexity index is 236. The van der Waals surface area contributed by atoms with Crippen molar-refractivity contribution in [3.8, 4) is 0 Å². The molecule has 0 saturated heterocycles. The van der Waals surface area contributed by atoms with E-state index < -0.39 is 0 Å². The van der Waals surface area contributed by atoms with Gasteiger partial charge in [0.2, 0.25) is 5.91 Å². The van der Waals surface area contributed by atoms with Gasteiger partial charge in [0.15, 0.2) is 5.78 Å². The van der Waals surface area contributed by atoms with Gasteiger partial charge in [-0.2, -0.15) is 0 Å². The van der Waals surface area contributed by atoms with Crippen molar-refractivity contribution in [1.82, 2.24) is 5.32 Å². The van der Waals surface area contributed by atoms with Crippen molar-refractivity contribution < 1.29 is 14.4 Å². The molecule has 0 aliphatic carbocycles. The van der Waals surface area contributed by atoms with Crippen LogP contribution in [0.2, 0.25) is 0 Å². The first-order chi connectivity index (χ1) is 6.47. The van der Waals surface area contributed by atoms with Crippen LogP contribution in [0.25, 0.3) is 0 Å². The molecule has 4 heteroatoms. The van der Waals surface area contributed by atoms with Crippen LogP contribution in [0, 0.1) is 5.92 Å². The van der Waals surface area contributed by atoms with Gasteiger partial charge in [-0.3, -0.25) is 9.59 Å². The van der Waals surface area contributed by atoms with E-state index >= 15 is 0 Å². The molecule has 4 nitrogen and oxygen atoms in total. The van der Waals surface area contributed by atoms with E-state index in [2.05, 4.69) is 5.32 Å². The molecule has 0 aromatic rings. The molecule has 0 aromatic carbocycles. The van der Waals surface area contributed by atoms with E-state index in [4.69, 9.17) is 0 Å². The second-order valence-corrected chi connectivity index (χ2v) is 3.39. The Balaban J connectivity index is 4.04. The van der Waals surface area contributed by atoms with Crippen LogP contribution in [-0.2, 0) is 14.4 Å². The van der Waals surface area contributed by atoms with Crippen LogP contribution in [0.5, 0.6) is 0 Å². The number of Topliss-reactive ketones (excluding diaryl/α,β-unsaturated/α-hetero) is 2. The van der Waals surface area contributed by atoms with Gasteiger partial charge in [0, 0.05) is 19.3 Å². The summed E-state index contributed by atoms with van der Waals surface area (Å²) in [6.45, 7) is 4.72. The molecule has 0 aliphatic rings. The first kappa shape index (κ1) is 12.8. The first-order valence-corrected chi connectivity index (χ1v) is 4.74. The monoisotopic (exact) mass is 199 g/mol. The molecule has 0 aliphatic heterocycles. The molecule has 0 bridgehead atoms. The zero-order valence-electron chi connectivity index (χ0n) is 8.92. The molecule has 0 saturated carbocycles. The molecule has 0 heterocycles. The maximum absolute atomic E-state index is 11.4. The Morgan fingerprint density at radius 1 is 1.21 bits per heavy atom. The van der Waals surface area contributed by atoms with E-state index in [0.29, 0.717) is 6.42 Å². The van der Waals surface area contributed by atoms with E-state index in [9.17, 15) is 14.4 Å². The molecule has 0 aromatic heterocycles. The molecule has 14 heavy (non-hydrogen) atoms. The molecule has 1 atom stereocenters. The van der Waals surface area contributed by atoms with Gasteiger partial charge in [-0.05, 0) is 13.3 Å². The molecular formula is C10H17NO3. The van der Waals surface area contributed by atoms with E-state index in [-0.39, 0.29) is 36.4 Å². The van der Waals surface area contributed by atoms with Gasteiger partial charge in [0.05, 0.1) is 6.54 Å². The lowest BCUT2D eigenvalue weighted by molar-refractivity contribution is -0.128. The SMILES string of the molecule is CCC(CC(C)=O)C(=O)CNC(C)=O. The van der Waals surface area contributed by atoms with E-state index in [1.807, 2.05) is 6.92 Å². The minimum atomic E-state index is -0.251. The summed E-state index contributed by atoms with van der Waals surface area (Å²) < 4.78 is 0. The van der Waals surface area contributed by atoms with Crippen LogP contribution in [0.1, 0.15) is 33.6 Å². The number of carbonyl (C=O) groups excluding carboxylic acids is 3. The Kier molecular flexibility index (Phi) is 5.76. The molecule has 1 N–H and O–H groups in total. The number of hydrogen-bond donors (Lipinski definition) is 1. The highest BCUT2D eigenvalue weighted by molar-refractivity contribution is 5.90. The van der Waals surface area contributed by atoms with Crippen molar-refractivity contribution in [1.29, 1.82) is 0 Å². The van der Waals surface area contributed by atoms with Gasteiger partial charge < -0.3 is 10.1 Å². The minimum absolute atomic E-state index is 0.00743. The molecule has 1 unspecified atom stereocenters. The summed E-state index contributed by atoms with van der Waals surface area (Å²) in [5.41, 5.74) is 0. The van der Waals surface area contributed by atoms with Crippen molar-refractivity contribution in [2.75, 3.05) is 6.54 Å². The molecule has 80 valence electrons. The number of nitrogens with one attached hydrogen (secondary N) is 1. The summed E-state index contributed by atoms with van der Waals surface area (Å²) in [6, 6.07) is 0. The fraction of sp³-hybridized carbons (Fsp3) is 0.700. The normalized spacial score (nSPS) is 11.9. The van der Waals surface area contributed by atoms with Crippen LogP contribution < -0.4 is 5.32 Å². The summed E-state index contributed by atoms with van der Waals surface area (Å²) in [7, 11) is 0. The second kappa shape index (κ2) is 6.29. The van der Waals surface area contributed by atoms with Gasteiger partial charge in [0.1, 0.15) is 5.78 Å². The van der Waals surface area contributed by atoms with Gasteiger partial charge in [-0.1, -0.05) is 6.92 Å². The highest BCUT2D eigenvalue weighted by Crippen LogP contribution is 2.09. The molecular weight excluding hydrogens is 182 g/mol. The maximum atomic E-state index is 11.4. The maximum Gasteiger partial charge on any atom is 0.217 e. The van der Waals surface area contributed by atoms with Crippen molar-refractivity contribution in [3.63, 3.8) is 0 Å². The summed E-state index contributed by atoms with van der Waals surface area (Å²) in [4.78, 5) is 32.8. The van der Waals surface area contributed by atoms with Crippen LogP contribution in [0.15, 0.2) is 0 Å². The van der Waals surface area contributed by atoms with Crippen LogP contribution in [-0.4, -0.2) is 24.0 Å². The van der Waals surface area contributed by atoms with Crippen LogP contribution >= 0.6 is 0 Å². The van der Waals surface area contributed by atoms with Crippen molar-refractivity contribution in [2.45, 2.75) is 33.6 Å². The zero-order valence-corrected chi connectivity index (χ0v) is 8.92. The highest BCUT2D eigenvalue weighted by atomic mass is 16.2.